The molecule has 0 aliphatic carbocycles. The minimum absolute atomic E-state index is 0.146. The lowest BCUT2D eigenvalue weighted by Crippen LogP contribution is -1.93. The first-order valence-corrected chi connectivity index (χ1v) is 4.93. The van der Waals surface area contributed by atoms with Gasteiger partial charge in [-0.15, -0.1) is 0 Å². The van der Waals surface area contributed by atoms with Crippen LogP contribution in [0.3, 0.4) is 0 Å². The third-order valence-electron chi connectivity index (χ3n) is 1.96. The zero-order chi connectivity index (χ0) is 12.7. The Hall–Kier alpha value is -2.49. The van der Waals surface area contributed by atoms with Crippen LogP contribution in [0.4, 0.5) is 5.69 Å². The van der Waals surface area contributed by atoms with Crippen LogP contribution >= 0.6 is 0 Å². The van der Waals surface area contributed by atoms with E-state index in [0.717, 1.165) is 0 Å². The quantitative estimate of drug-likeness (QED) is 0.519. The van der Waals surface area contributed by atoms with Crippen LogP contribution in [0.25, 0.3) is 0 Å². The summed E-state index contributed by atoms with van der Waals surface area (Å²) in [6, 6.07) is 15.0. The molecule has 17 heavy (non-hydrogen) atoms. The molecule has 0 aromatic heterocycles. The van der Waals surface area contributed by atoms with E-state index in [1.54, 1.807) is 54.6 Å². The number of rotatable bonds is 1. The summed E-state index contributed by atoms with van der Waals surface area (Å²) < 4.78 is 0. The van der Waals surface area contributed by atoms with Crippen molar-refractivity contribution in [2.75, 3.05) is 5.73 Å². The highest BCUT2D eigenvalue weighted by Crippen LogP contribution is 2.16. The predicted molar refractivity (Wildman–Crippen MR) is 65.9 cm³/mol. The van der Waals surface area contributed by atoms with Gasteiger partial charge in [0, 0.05) is 0 Å². The number of benzene rings is 2. The van der Waals surface area contributed by atoms with E-state index >= 15 is 0 Å². The van der Waals surface area contributed by atoms with Crippen LogP contribution in [0, 0.1) is 0 Å². The van der Waals surface area contributed by atoms with E-state index in [-0.39, 0.29) is 5.75 Å². The summed E-state index contributed by atoms with van der Waals surface area (Å²) in [5, 5.41) is 17.2. The molecular formula is C13H13NO3. The minimum Gasteiger partial charge on any atom is -0.506 e. The zero-order valence-corrected chi connectivity index (χ0v) is 9.08. The Bertz CT molecular complexity index is 462. The number of hydrogen-bond acceptors (Lipinski definition) is 3. The SMILES string of the molecule is Nc1ccccc1O.O=C(O)c1ccccc1. The molecule has 0 atom stereocenters. The van der Waals surface area contributed by atoms with Gasteiger partial charge in [-0.25, -0.2) is 4.79 Å². The van der Waals surface area contributed by atoms with E-state index in [9.17, 15) is 4.79 Å². The molecule has 0 spiro atoms. The maximum atomic E-state index is 10.2. The Kier molecular flexibility index (Phi) is 4.57. The van der Waals surface area contributed by atoms with Crippen molar-refractivity contribution < 1.29 is 15.0 Å². The predicted octanol–water partition coefficient (Wildman–Crippen LogP) is 2.36. The van der Waals surface area contributed by atoms with E-state index in [0.29, 0.717) is 11.3 Å². The van der Waals surface area contributed by atoms with Crippen molar-refractivity contribution in [3.05, 3.63) is 60.2 Å². The number of anilines is 1. The van der Waals surface area contributed by atoms with Crippen LogP contribution in [-0.2, 0) is 0 Å². The van der Waals surface area contributed by atoms with Gasteiger partial charge >= 0.3 is 5.97 Å². The number of phenols is 1. The number of carbonyl (C=O) groups is 1. The number of para-hydroxylation sites is 2. The molecule has 2 aromatic carbocycles. The molecule has 0 fully saturated rings. The monoisotopic (exact) mass is 231 g/mol. The van der Waals surface area contributed by atoms with Crippen molar-refractivity contribution in [1.82, 2.24) is 0 Å². The molecule has 4 heteroatoms. The van der Waals surface area contributed by atoms with Crippen molar-refractivity contribution >= 4 is 11.7 Å². The number of carboxylic acids is 1. The Morgan fingerprint density at radius 2 is 1.47 bits per heavy atom. The second-order valence-electron chi connectivity index (χ2n) is 3.23. The van der Waals surface area contributed by atoms with Crippen molar-refractivity contribution in [3.63, 3.8) is 0 Å². The molecule has 0 saturated carbocycles. The number of nitrogen functional groups attached to an aromatic ring is 1. The summed E-state index contributed by atoms with van der Waals surface area (Å²) in [4.78, 5) is 10.2. The van der Waals surface area contributed by atoms with Gasteiger partial charge in [-0.3, -0.25) is 0 Å². The van der Waals surface area contributed by atoms with Crippen LogP contribution in [0.5, 0.6) is 5.75 Å². The Morgan fingerprint density at radius 3 is 1.82 bits per heavy atom. The van der Waals surface area contributed by atoms with Crippen LogP contribution in [-0.4, -0.2) is 16.2 Å². The normalized spacial score (nSPS) is 8.94. The molecule has 0 radical (unpaired) electrons. The van der Waals surface area contributed by atoms with Crippen molar-refractivity contribution in [3.8, 4) is 5.75 Å². The van der Waals surface area contributed by atoms with Gasteiger partial charge in [-0.1, -0.05) is 30.3 Å². The maximum Gasteiger partial charge on any atom is 0.335 e. The number of aromatic carboxylic acids is 1. The second kappa shape index (κ2) is 6.17. The van der Waals surface area contributed by atoms with Crippen LogP contribution in [0.2, 0.25) is 0 Å². The van der Waals surface area contributed by atoms with Crippen molar-refractivity contribution in [2.24, 2.45) is 0 Å². The molecule has 2 aromatic rings. The average Bonchev–Trinajstić information content (AvgIpc) is 2.35. The lowest BCUT2D eigenvalue weighted by atomic mass is 10.2. The molecule has 0 saturated heterocycles. The lowest BCUT2D eigenvalue weighted by molar-refractivity contribution is 0.0697. The summed E-state index contributed by atoms with van der Waals surface area (Å²) in [6.45, 7) is 0. The number of hydrogen-bond donors (Lipinski definition) is 3. The Labute approximate surface area is 98.9 Å². The molecule has 0 aliphatic rings. The molecule has 4 N–H and O–H groups in total. The molecule has 2 rings (SSSR count). The topological polar surface area (TPSA) is 83.5 Å². The fourth-order valence-electron chi connectivity index (χ4n) is 1.07. The molecule has 88 valence electrons. The van der Waals surface area contributed by atoms with Gasteiger partial charge in [0.15, 0.2) is 0 Å². The molecular weight excluding hydrogens is 218 g/mol. The zero-order valence-electron chi connectivity index (χ0n) is 9.08. The second-order valence-corrected chi connectivity index (χ2v) is 3.23. The third kappa shape index (κ3) is 4.25. The first-order valence-electron chi connectivity index (χ1n) is 4.93. The lowest BCUT2D eigenvalue weighted by Gasteiger charge is -1.92. The third-order valence-corrected chi connectivity index (χ3v) is 1.96. The number of carboxylic acid groups (broad SMARTS) is 1. The highest BCUT2D eigenvalue weighted by atomic mass is 16.4. The smallest absolute Gasteiger partial charge is 0.335 e. The summed E-state index contributed by atoms with van der Waals surface area (Å²) in [6.07, 6.45) is 0. The van der Waals surface area contributed by atoms with Gasteiger partial charge < -0.3 is 15.9 Å². The summed E-state index contributed by atoms with van der Waals surface area (Å²) in [5.74, 6) is -0.733. The molecule has 0 bridgehead atoms. The van der Waals surface area contributed by atoms with Crippen molar-refractivity contribution in [2.45, 2.75) is 0 Å². The van der Waals surface area contributed by atoms with Gasteiger partial charge in [0.1, 0.15) is 5.75 Å². The highest BCUT2D eigenvalue weighted by Gasteiger charge is 1.96. The number of nitrogens with two attached hydrogens (primary N) is 1. The van der Waals surface area contributed by atoms with E-state index in [2.05, 4.69) is 0 Å². The van der Waals surface area contributed by atoms with E-state index in [1.165, 1.54) is 0 Å². The average molecular weight is 231 g/mol. The van der Waals surface area contributed by atoms with E-state index in [1.807, 2.05) is 0 Å². The van der Waals surface area contributed by atoms with Gasteiger partial charge in [0.25, 0.3) is 0 Å². The van der Waals surface area contributed by atoms with Gasteiger partial charge in [0.05, 0.1) is 11.3 Å². The van der Waals surface area contributed by atoms with Crippen molar-refractivity contribution in [1.29, 1.82) is 0 Å². The van der Waals surface area contributed by atoms with Crippen LogP contribution < -0.4 is 5.73 Å². The van der Waals surface area contributed by atoms with Gasteiger partial charge in [-0.05, 0) is 24.3 Å². The fourth-order valence-corrected chi connectivity index (χ4v) is 1.07. The maximum absolute atomic E-state index is 10.2. The molecule has 0 unspecified atom stereocenters. The Morgan fingerprint density at radius 1 is 0.941 bits per heavy atom. The number of phenolic OH excluding ortho intramolecular Hbond substituents is 1. The molecule has 0 aliphatic heterocycles. The minimum atomic E-state index is -0.879. The summed E-state index contributed by atoms with van der Waals surface area (Å²) in [7, 11) is 0. The van der Waals surface area contributed by atoms with Crippen LogP contribution in [0.15, 0.2) is 54.6 Å². The highest BCUT2D eigenvalue weighted by molar-refractivity contribution is 5.87. The number of aromatic hydroxyl groups is 1. The summed E-state index contributed by atoms with van der Waals surface area (Å²) >= 11 is 0. The molecule has 0 heterocycles. The van der Waals surface area contributed by atoms with Crippen LogP contribution in [0.1, 0.15) is 10.4 Å². The van der Waals surface area contributed by atoms with E-state index < -0.39 is 5.97 Å². The molecule has 4 nitrogen and oxygen atoms in total. The van der Waals surface area contributed by atoms with Gasteiger partial charge in [-0.2, -0.15) is 0 Å². The Balaban J connectivity index is 0.000000171. The summed E-state index contributed by atoms with van der Waals surface area (Å²) in [5.41, 5.74) is 6.02. The van der Waals surface area contributed by atoms with E-state index in [4.69, 9.17) is 15.9 Å². The van der Waals surface area contributed by atoms with Gasteiger partial charge in [0.2, 0.25) is 0 Å². The largest absolute Gasteiger partial charge is 0.506 e. The molecule has 0 amide bonds. The fraction of sp³-hybridized carbons (Fsp3) is 0. The first-order chi connectivity index (χ1) is 8.11. The first kappa shape index (κ1) is 12.6. The standard InChI is InChI=1S/C7H6O2.C6H7NO/c8-7(9)6-4-2-1-3-5-6;7-5-3-1-2-4-6(5)8/h1-5H,(H,8,9);1-4,8H,7H2.